The zero-order chi connectivity index (χ0) is 9.78. The lowest BCUT2D eigenvalue weighted by Gasteiger charge is -2.04. The predicted octanol–water partition coefficient (Wildman–Crippen LogP) is 0.585. The molecule has 12 heavy (non-hydrogen) atoms. The first-order valence-electron chi connectivity index (χ1n) is 2.73. The molecule has 0 aromatic rings. The van der Waals surface area contributed by atoms with Crippen molar-refractivity contribution in [2.24, 2.45) is 0 Å². The van der Waals surface area contributed by atoms with Gasteiger partial charge in [0.25, 0.3) is 0 Å². The number of alkyl halides is 2. The molecule has 0 aliphatic heterocycles. The number of nitro groups is 1. The quantitative estimate of drug-likeness (QED) is 0.209. The Morgan fingerprint density at radius 2 is 2.25 bits per heavy atom. The van der Waals surface area contributed by atoms with Crippen molar-refractivity contribution >= 4 is 5.97 Å². The SMILES string of the molecule is C=CCOC(=O)C(F)(F)[N+](=O)[O-]. The molecule has 0 amide bonds. The molecule has 7 heteroatoms. The minimum absolute atomic E-state index is 0.484. The van der Waals surface area contributed by atoms with Gasteiger partial charge in [0.1, 0.15) is 11.5 Å². The smallest absolute Gasteiger partial charge is 0.452 e. The maximum Gasteiger partial charge on any atom is 0.613 e. The third kappa shape index (κ3) is 2.26. The monoisotopic (exact) mass is 181 g/mol. The lowest BCUT2D eigenvalue weighted by atomic mass is 10.6. The molecule has 0 rings (SSSR count). The van der Waals surface area contributed by atoms with Gasteiger partial charge in [-0.2, -0.15) is 0 Å². The Hall–Kier alpha value is -1.53. The van der Waals surface area contributed by atoms with E-state index in [4.69, 9.17) is 0 Å². The van der Waals surface area contributed by atoms with E-state index in [9.17, 15) is 23.7 Å². The lowest BCUT2D eigenvalue weighted by molar-refractivity contribution is -0.625. The van der Waals surface area contributed by atoms with Crippen LogP contribution in [0.4, 0.5) is 8.78 Å². The summed E-state index contributed by atoms with van der Waals surface area (Å²) >= 11 is 0. The number of halogens is 2. The van der Waals surface area contributed by atoms with Gasteiger partial charge in [0, 0.05) is 0 Å². The summed E-state index contributed by atoms with van der Waals surface area (Å²) in [7, 11) is 0. The number of nitrogens with zero attached hydrogens (tertiary/aromatic N) is 1. The number of rotatable bonds is 4. The summed E-state index contributed by atoms with van der Waals surface area (Å²) in [5.74, 6) is -2.19. The van der Waals surface area contributed by atoms with Crippen LogP contribution >= 0.6 is 0 Å². The van der Waals surface area contributed by atoms with Crippen LogP contribution in [0.25, 0.3) is 0 Å². The second-order valence-electron chi connectivity index (χ2n) is 1.69. The Morgan fingerprint density at radius 3 is 2.58 bits per heavy atom. The van der Waals surface area contributed by atoms with Crippen LogP contribution in [0.15, 0.2) is 12.7 Å². The number of hydrogen-bond acceptors (Lipinski definition) is 4. The van der Waals surface area contributed by atoms with Crippen LogP contribution in [0, 0.1) is 10.1 Å². The second-order valence-corrected chi connectivity index (χ2v) is 1.69. The first-order valence-corrected chi connectivity index (χ1v) is 2.73. The van der Waals surface area contributed by atoms with E-state index in [0.717, 1.165) is 6.08 Å². The maximum absolute atomic E-state index is 12.1. The third-order valence-electron chi connectivity index (χ3n) is 0.807. The molecule has 0 aliphatic rings. The lowest BCUT2D eigenvalue weighted by Crippen LogP contribution is -2.38. The number of ether oxygens (including phenoxy) is 1. The molecule has 5 nitrogen and oxygen atoms in total. The summed E-state index contributed by atoms with van der Waals surface area (Å²) in [6.45, 7) is 2.58. The minimum atomic E-state index is -4.68. The summed E-state index contributed by atoms with van der Waals surface area (Å²) in [6, 6.07) is -4.68. The van der Waals surface area contributed by atoms with Crippen molar-refractivity contribution in [2.75, 3.05) is 6.61 Å². The van der Waals surface area contributed by atoms with Gasteiger partial charge in [-0.1, -0.05) is 12.7 Å². The molecule has 0 saturated heterocycles. The van der Waals surface area contributed by atoms with Gasteiger partial charge in [0.15, 0.2) is 0 Å². The van der Waals surface area contributed by atoms with E-state index < -0.39 is 23.5 Å². The van der Waals surface area contributed by atoms with Crippen molar-refractivity contribution < 1.29 is 23.2 Å². The van der Waals surface area contributed by atoms with E-state index in [1.807, 2.05) is 0 Å². The molecular weight excluding hydrogens is 176 g/mol. The Morgan fingerprint density at radius 1 is 1.75 bits per heavy atom. The Balaban J connectivity index is 4.25. The summed E-state index contributed by atoms with van der Waals surface area (Å²) in [5, 5.41) is 9.55. The standard InChI is InChI=1S/C5H5F2NO4/c1-2-3-12-4(9)5(6,7)8(10)11/h2H,1,3H2. The van der Waals surface area contributed by atoms with Crippen LogP contribution in [-0.2, 0) is 9.53 Å². The van der Waals surface area contributed by atoms with Gasteiger partial charge >= 0.3 is 12.0 Å². The molecule has 0 N–H and O–H groups in total. The van der Waals surface area contributed by atoms with E-state index in [1.54, 1.807) is 0 Å². The molecule has 0 aliphatic carbocycles. The van der Waals surface area contributed by atoms with Gasteiger partial charge in [-0.25, -0.2) is 4.79 Å². The Bertz CT molecular complexity index is 215. The van der Waals surface area contributed by atoms with E-state index >= 15 is 0 Å². The fourth-order valence-corrected chi connectivity index (χ4v) is 0.296. The first-order chi connectivity index (χ1) is 5.42. The van der Waals surface area contributed by atoms with E-state index in [0.29, 0.717) is 0 Å². The normalized spacial score (nSPS) is 10.5. The summed E-state index contributed by atoms with van der Waals surface area (Å²) in [5.41, 5.74) is 0. The zero-order valence-corrected chi connectivity index (χ0v) is 5.83. The highest BCUT2D eigenvalue weighted by Crippen LogP contribution is 2.15. The summed E-state index contributed by atoms with van der Waals surface area (Å²) in [4.78, 5) is 17.7. The fraction of sp³-hybridized carbons (Fsp3) is 0.400. The van der Waals surface area contributed by atoms with Crippen LogP contribution in [0.2, 0.25) is 0 Å². The van der Waals surface area contributed by atoms with Gasteiger partial charge in [0.2, 0.25) is 0 Å². The van der Waals surface area contributed by atoms with Crippen molar-refractivity contribution in [1.82, 2.24) is 0 Å². The molecule has 0 fully saturated rings. The van der Waals surface area contributed by atoms with Gasteiger partial charge in [-0.15, -0.1) is 8.78 Å². The first kappa shape index (κ1) is 10.5. The topological polar surface area (TPSA) is 69.4 Å². The van der Waals surface area contributed by atoms with Crippen LogP contribution in [-0.4, -0.2) is 23.5 Å². The van der Waals surface area contributed by atoms with Crippen molar-refractivity contribution in [3.8, 4) is 0 Å². The average Bonchev–Trinajstić information content (AvgIpc) is 1.99. The number of hydrogen-bond donors (Lipinski definition) is 0. The van der Waals surface area contributed by atoms with Crippen LogP contribution in [0.3, 0.4) is 0 Å². The van der Waals surface area contributed by atoms with Gasteiger partial charge < -0.3 is 4.74 Å². The molecular formula is C5H5F2NO4. The highest BCUT2D eigenvalue weighted by molar-refractivity contribution is 5.75. The summed E-state index contributed by atoms with van der Waals surface area (Å²) < 4.78 is 27.9. The van der Waals surface area contributed by atoms with Crippen LogP contribution in [0.1, 0.15) is 0 Å². The van der Waals surface area contributed by atoms with E-state index in [2.05, 4.69) is 11.3 Å². The van der Waals surface area contributed by atoms with Gasteiger partial charge in [-0.3, -0.25) is 10.1 Å². The molecule has 68 valence electrons. The van der Waals surface area contributed by atoms with E-state index in [1.165, 1.54) is 0 Å². The number of carbonyl (C=O) groups is 1. The Kier molecular flexibility index (Phi) is 3.27. The maximum atomic E-state index is 12.1. The van der Waals surface area contributed by atoms with Crippen LogP contribution < -0.4 is 0 Å². The van der Waals surface area contributed by atoms with Crippen molar-refractivity contribution in [3.63, 3.8) is 0 Å². The third-order valence-corrected chi connectivity index (χ3v) is 0.807. The highest BCUT2D eigenvalue weighted by atomic mass is 19.3. The summed E-state index contributed by atoms with van der Waals surface area (Å²) in [6.07, 6.45) is 1.02. The molecule has 0 bridgehead atoms. The Labute approximate surface area is 65.8 Å². The predicted molar refractivity (Wildman–Crippen MR) is 33.1 cm³/mol. The highest BCUT2D eigenvalue weighted by Gasteiger charge is 2.55. The van der Waals surface area contributed by atoms with Crippen molar-refractivity contribution in [1.29, 1.82) is 0 Å². The van der Waals surface area contributed by atoms with Crippen LogP contribution in [0.5, 0.6) is 0 Å². The molecule has 0 saturated carbocycles. The largest absolute Gasteiger partial charge is 0.613 e. The average molecular weight is 181 g/mol. The molecule has 0 atom stereocenters. The second kappa shape index (κ2) is 3.74. The van der Waals surface area contributed by atoms with E-state index in [-0.39, 0.29) is 0 Å². The van der Waals surface area contributed by atoms with Gasteiger partial charge in [-0.05, 0) is 0 Å². The molecule has 0 aromatic carbocycles. The fourth-order valence-electron chi connectivity index (χ4n) is 0.296. The van der Waals surface area contributed by atoms with Crippen molar-refractivity contribution in [2.45, 2.75) is 6.05 Å². The van der Waals surface area contributed by atoms with Gasteiger partial charge in [0.05, 0.1) is 0 Å². The zero-order valence-electron chi connectivity index (χ0n) is 5.83. The number of carbonyl (C=O) groups excluding carboxylic acids is 1. The minimum Gasteiger partial charge on any atom is -0.452 e. The molecule has 0 unspecified atom stereocenters. The van der Waals surface area contributed by atoms with Crippen molar-refractivity contribution in [3.05, 3.63) is 22.8 Å². The number of esters is 1. The molecule has 0 radical (unpaired) electrons. The molecule has 0 aromatic heterocycles. The molecule has 0 heterocycles. The molecule has 0 spiro atoms.